The minimum absolute atomic E-state index is 0.0254. The average molecular weight is 649 g/mol. The number of nitrogens with zero attached hydrogens (tertiary/aromatic N) is 1. The zero-order valence-electron chi connectivity index (χ0n) is 27.7. The van der Waals surface area contributed by atoms with Gasteiger partial charge in [-0.05, 0) is 25.0 Å². The van der Waals surface area contributed by atoms with E-state index in [0.717, 1.165) is 31.4 Å². The van der Waals surface area contributed by atoms with Gasteiger partial charge in [0.2, 0.25) is 0 Å². The lowest BCUT2D eigenvalue weighted by Crippen LogP contribution is -2.37. The van der Waals surface area contributed by atoms with Crippen LogP contribution in [0, 0.1) is 0 Å². The van der Waals surface area contributed by atoms with Crippen molar-refractivity contribution in [2.75, 3.05) is 47.5 Å². The maximum Gasteiger partial charge on any atom is 0.472 e. The molecule has 0 saturated heterocycles. The monoisotopic (exact) mass is 648 g/mol. The predicted octanol–water partition coefficient (Wildman–Crippen LogP) is 6.26. The summed E-state index contributed by atoms with van der Waals surface area (Å²) in [6.45, 7) is 1.81. The van der Waals surface area contributed by atoms with E-state index in [-0.39, 0.29) is 44.7 Å². The number of esters is 2. The molecular formula is C32H59NO10P+. The molecule has 0 aromatic carbocycles. The fourth-order valence-corrected chi connectivity index (χ4v) is 4.93. The van der Waals surface area contributed by atoms with Gasteiger partial charge in [0, 0.05) is 19.3 Å². The number of quaternary nitrogens is 1. The van der Waals surface area contributed by atoms with Gasteiger partial charge in [0.05, 0.1) is 27.7 Å². The van der Waals surface area contributed by atoms with Crippen molar-refractivity contribution in [1.82, 2.24) is 0 Å². The SMILES string of the molecule is CCCCCCCCCCCCCCCC(=O)OC[C@@H](COP(=O)(O)OCC[N+](C)(C)C)OC(=O)CCCC(=O)/C=C/C=O. The molecule has 0 fully saturated rings. The largest absolute Gasteiger partial charge is 0.472 e. The van der Waals surface area contributed by atoms with Gasteiger partial charge in [0.1, 0.15) is 26.0 Å². The van der Waals surface area contributed by atoms with Gasteiger partial charge in [-0.1, -0.05) is 84.0 Å². The molecule has 2 atom stereocenters. The maximum absolute atomic E-state index is 12.3. The molecule has 1 N–H and O–H groups in total. The first-order valence-electron chi connectivity index (χ1n) is 16.3. The lowest BCUT2D eigenvalue weighted by molar-refractivity contribution is -0.870. The summed E-state index contributed by atoms with van der Waals surface area (Å²) in [7, 11) is 1.28. The third-order valence-corrected chi connectivity index (χ3v) is 7.80. The van der Waals surface area contributed by atoms with Gasteiger partial charge < -0.3 is 18.9 Å². The van der Waals surface area contributed by atoms with Crippen LogP contribution in [0.2, 0.25) is 0 Å². The number of unbranched alkanes of at least 4 members (excludes halogenated alkanes) is 12. The number of ether oxygens (including phenoxy) is 2. The summed E-state index contributed by atoms with van der Waals surface area (Å²) in [6, 6.07) is 0. The molecule has 44 heavy (non-hydrogen) atoms. The molecule has 0 rings (SSSR count). The molecule has 0 aromatic rings. The van der Waals surface area contributed by atoms with E-state index in [1.807, 2.05) is 21.1 Å². The van der Waals surface area contributed by atoms with Crippen molar-refractivity contribution in [3.63, 3.8) is 0 Å². The molecule has 0 aromatic heterocycles. The van der Waals surface area contributed by atoms with Crippen LogP contribution in [-0.4, -0.2) is 87.0 Å². The first-order chi connectivity index (χ1) is 20.9. The standard InChI is InChI=1S/C32H58NO10P/c1-5-6-7-8-9-10-11-12-13-14-15-16-17-22-31(36)40-27-30(28-42-44(38,39)41-26-24-33(2,3)4)43-32(37)23-18-20-29(35)21-19-25-34/h19,21,25,30H,5-18,20,22-24,26-28H2,1-4H3/p+1/b21-19+/t30-/m0/s1. The highest BCUT2D eigenvalue weighted by Gasteiger charge is 2.27. The Kier molecular flexibility index (Phi) is 25.2. The number of aldehydes is 1. The molecular weight excluding hydrogens is 589 g/mol. The number of hydrogen-bond donors (Lipinski definition) is 1. The van der Waals surface area contributed by atoms with E-state index in [0.29, 0.717) is 23.7 Å². The Hall–Kier alpha value is -1.91. The molecule has 0 aliphatic carbocycles. The van der Waals surface area contributed by atoms with Crippen molar-refractivity contribution in [2.45, 2.75) is 122 Å². The van der Waals surface area contributed by atoms with Crippen LogP contribution in [0.5, 0.6) is 0 Å². The number of phosphoric ester groups is 1. The Morgan fingerprint density at radius 2 is 1.30 bits per heavy atom. The Morgan fingerprint density at radius 1 is 0.750 bits per heavy atom. The quantitative estimate of drug-likeness (QED) is 0.0237. The van der Waals surface area contributed by atoms with E-state index < -0.39 is 32.5 Å². The number of allylic oxidation sites excluding steroid dienone is 2. The summed E-state index contributed by atoms with van der Waals surface area (Å²) in [5.74, 6) is -1.44. The molecule has 0 amide bonds. The molecule has 11 nitrogen and oxygen atoms in total. The summed E-state index contributed by atoms with van der Waals surface area (Å²) < 4.78 is 33.4. The Bertz CT molecular complexity index is 872. The maximum atomic E-state index is 12.3. The number of carbonyl (C=O) groups is 4. The first kappa shape index (κ1) is 42.1. The smallest absolute Gasteiger partial charge is 0.462 e. The van der Waals surface area contributed by atoms with Crippen molar-refractivity contribution in [2.24, 2.45) is 0 Å². The highest BCUT2D eigenvalue weighted by molar-refractivity contribution is 7.47. The minimum Gasteiger partial charge on any atom is -0.462 e. The summed E-state index contributed by atoms with van der Waals surface area (Å²) in [5, 5.41) is 0. The topological polar surface area (TPSA) is 142 Å². The van der Waals surface area contributed by atoms with Crippen LogP contribution < -0.4 is 0 Å². The van der Waals surface area contributed by atoms with Crippen LogP contribution in [0.15, 0.2) is 12.2 Å². The first-order valence-corrected chi connectivity index (χ1v) is 17.8. The Morgan fingerprint density at radius 3 is 1.84 bits per heavy atom. The van der Waals surface area contributed by atoms with Gasteiger partial charge in [0.25, 0.3) is 0 Å². The molecule has 256 valence electrons. The minimum atomic E-state index is -4.43. The lowest BCUT2D eigenvalue weighted by Gasteiger charge is -2.24. The summed E-state index contributed by atoms with van der Waals surface area (Å²) in [6.07, 6.45) is 17.4. The molecule has 1 unspecified atom stereocenters. The summed E-state index contributed by atoms with van der Waals surface area (Å²) in [4.78, 5) is 56.6. The van der Waals surface area contributed by atoms with Crippen LogP contribution in [0.1, 0.15) is 116 Å². The fourth-order valence-electron chi connectivity index (χ4n) is 4.19. The second-order valence-corrected chi connectivity index (χ2v) is 13.7. The van der Waals surface area contributed by atoms with E-state index in [1.165, 1.54) is 57.8 Å². The average Bonchev–Trinajstić information content (AvgIpc) is 2.95. The molecule has 0 heterocycles. The van der Waals surface area contributed by atoms with Gasteiger partial charge in [0.15, 0.2) is 11.9 Å². The molecule has 0 spiro atoms. The fraction of sp³-hybridized carbons (Fsp3) is 0.812. The van der Waals surface area contributed by atoms with Crippen LogP contribution in [-0.2, 0) is 42.3 Å². The molecule has 12 heteroatoms. The molecule has 0 aliphatic heterocycles. The van der Waals surface area contributed by atoms with Crippen LogP contribution in [0.3, 0.4) is 0 Å². The van der Waals surface area contributed by atoms with Gasteiger partial charge >= 0.3 is 19.8 Å². The number of ketones is 1. The predicted molar refractivity (Wildman–Crippen MR) is 170 cm³/mol. The van der Waals surface area contributed by atoms with Crippen molar-refractivity contribution in [1.29, 1.82) is 0 Å². The lowest BCUT2D eigenvalue weighted by atomic mass is 10.0. The highest BCUT2D eigenvalue weighted by atomic mass is 31.2. The van der Waals surface area contributed by atoms with Crippen molar-refractivity contribution in [3.8, 4) is 0 Å². The van der Waals surface area contributed by atoms with Crippen molar-refractivity contribution in [3.05, 3.63) is 12.2 Å². The second-order valence-electron chi connectivity index (χ2n) is 12.2. The zero-order chi connectivity index (χ0) is 33.1. The number of phosphoric acid groups is 1. The third kappa shape index (κ3) is 28.8. The van der Waals surface area contributed by atoms with E-state index in [1.54, 1.807) is 0 Å². The van der Waals surface area contributed by atoms with Crippen molar-refractivity contribution >= 4 is 31.8 Å². The molecule has 0 aliphatic rings. The number of rotatable bonds is 30. The van der Waals surface area contributed by atoms with E-state index in [9.17, 15) is 28.6 Å². The molecule has 0 saturated carbocycles. The molecule has 0 bridgehead atoms. The number of hydrogen-bond acceptors (Lipinski definition) is 9. The van der Waals surface area contributed by atoms with Crippen LogP contribution >= 0.6 is 7.82 Å². The third-order valence-electron chi connectivity index (χ3n) is 6.82. The van der Waals surface area contributed by atoms with Crippen LogP contribution in [0.4, 0.5) is 0 Å². The van der Waals surface area contributed by atoms with Crippen LogP contribution in [0.25, 0.3) is 0 Å². The van der Waals surface area contributed by atoms with Gasteiger partial charge in [-0.25, -0.2) is 4.57 Å². The summed E-state index contributed by atoms with van der Waals surface area (Å²) in [5.41, 5.74) is 0. The molecule has 0 radical (unpaired) electrons. The van der Waals surface area contributed by atoms with Crippen molar-refractivity contribution < 1.29 is 51.6 Å². The number of carbonyl (C=O) groups excluding carboxylic acids is 4. The van der Waals surface area contributed by atoms with E-state index >= 15 is 0 Å². The van der Waals surface area contributed by atoms with Gasteiger partial charge in [-0.2, -0.15) is 0 Å². The van der Waals surface area contributed by atoms with E-state index in [2.05, 4.69) is 6.92 Å². The van der Waals surface area contributed by atoms with E-state index in [4.69, 9.17) is 18.5 Å². The van der Waals surface area contributed by atoms with Gasteiger partial charge in [-0.3, -0.25) is 28.2 Å². The Balaban J connectivity index is 4.49. The second kappa shape index (κ2) is 26.3. The van der Waals surface area contributed by atoms with Gasteiger partial charge in [-0.15, -0.1) is 0 Å². The zero-order valence-corrected chi connectivity index (χ0v) is 28.6. The highest BCUT2D eigenvalue weighted by Crippen LogP contribution is 2.43. The number of likely N-dealkylation sites (N-methyl/N-ethyl adjacent to an activating group) is 1. The normalized spacial score (nSPS) is 13.8. The summed E-state index contributed by atoms with van der Waals surface area (Å²) >= 11 is 0. The Labute approximate surface area is 265 Å².